The van der Waals surface area contributed by atoms with E-state index in [9.17, 15) is 4.79 Å². The lowest BCUT2D eigenvalue weighted by Gasteiger charge is -2.13. The Labute approximate surface area is 165 Å². The Balaban J connectivity index is 1.79. The van der Waals surface area contributed by atoms with Crippen molar-refractivity contribution in [3.05, 3.63) is 78.1 Å². The third-order valence-electron chi connectivity index (χ3n) is 4.12. The number of rotatable bonds is 5. The molecule has 2 heterocycles. The molecule has 0 bridgehead atoms. The summed E-state index contributed by atoms with van der Waals surface area (Å²) in [6.45, 7) is 1.87. The molecule has 0 saturated carbocycles. The van der Waals surface area contributed by atoms with Crippen LogP contribution in [0.4, 0.5) is 0 Å². The van der Waals surface area contributed by atoms with Gasteiger partial charge in [0.2, 0.25) is 5.91 Å². The number of aryl methyl sites for hydroxylation is 1. The second-order valence-electron chi connectivity index (χ2n) is 6.08. The summed E-state index contributed by atoms with van der Waals surface area (Å²) in [5, 5.41) is 1.24. The van der Waals surface area contributed by atoms with Gasteiger partial charge in [0, 0.05) is 10.3 Å². The average Bonchev–Trinajstić information content (AvgIpc) is 3.11. The minimum Gasteiger partial charge on any atom is -0.368 e. The van der Waals surface area contributed by atoms with Crippen LogP contribution in [0.2, 0.25) is 0 Å². The maximum absolute atomic E-state index is 12.1. The van der Waals surface area contributed by atoms with Crippen molar-refractivity contribution < 1.29 is 4.79 Å². The molecule has 0 aliphatic carbocycles. The predicted octanol–water partition coefficient (Wildman–Crippen LogP) is 4.99. The van der Waals surface area contributed by atoms with Crippen LogP contribution in [0.1, 0.15) is 16.6 Å². The van der Waals surface area contributed by atoms with Crippen LogP contribution in [0.25, 0.3) is 20.7 Å². The van der Waals surface area contributed by atoms with Crippen molar-refractivity contribution in [3.8, 4) is 10.4 Å². The smallest absolute Gasteiger partial charge is 0.235 e. The van der Waals surface area contributed by atoms with Gasteiger partial charge in [-0.2, -0.15) is 0 Å². The van der Waals surface area contributed by atoms with E-state index in [-0.39, 0.29) is 5.91 Å². The first-order valence-electron chi connectivity index (χ1n) is 8.46. The summed E-state index contributed by atoms with van der Waals surface area (Å²) in [4.78, 5) is 23.3. The molecule has 0 aliphatic heterocycles. The molecule has 27 heavy (non-hydrogen) atoms. The van der Waals surface area contributed by atoms with Crippen LogP contribution < -0.4 is 5.73 Å². The molecule has 0 aliphatic rings. The van der Waals surface area contributed by atoms with E-state index in [1.165, 1.54) is 11.8 Å². The predicted molar refractivity (Wildman–Crippen MR) is 112 cm³/mol. The summed E-state index contributed by atoms with van der Waals surface area (Å²) in [5.41, 5.74) is 7.71. The van der Waals surface area contributed by atoms with Crippen molar-refractivity contribution in [2.24, 2.45) is 5.73 Å². The number of hydrogen-bond acceptors (Lipinski definition) is 5. The van der Waals surface area contributed by atoms with Crippen molar-refractivity contribution in [2.45, 2.75) is 17.2 Å². The summed E-state index contributed by atoms with van der Waals surface area (Å²) in [6, 6.07) is 21.9. The van der Waals surface area contributed by atoms with Crippen molar-refractivity contribution >= 4 is 39.2 Å². The Bertz CT molecular complexity index is 1090. The summed E-state index contributed by atoms with van der Waals surface area (Å²) < 4.78 is 0. The molecule has 2 aromatic carbocycles. The maximum atomic E-state index is 12.1. The number of thiophene rings is 1. The van der Waals surface area contributed by atoms with Gasteiger partial charge in [0.05, 0.1) is 0 Å². The highest BCUT2D eigenvalue weighted by molar-refractivity contribution is 8.00. The molecule has 0 fully saturated rings. The van der Waals surface area contributed by atoms with E-state index in [0.29, 0.717) is 5.82 Å². The van der Waals surface area contributed by atoms with Gasteiger partial charge < -0.3 is 5.73 Å². The number of aromatic nitrogens is 2. The zero-order valence-electron chi connectivity index (χ0n) is 14.6. The van der Waals surface area contributed by atoms with Gasteiger partial charge in [-0.15, -0.1) is 11.3 Å². The first kappa shape index (κ1) is 17.7. The fourth-order valence-electron chi connectivity index (χ4n) is 2.86. The van der Waals surface area contributed by atoms with Gasteiger partial charge in [-0.05, 0) is 24.1 Å². The molecule has 0 saturated heterocycles. The van der Waals surface area contributed by atoms with Crippen molar-refractivity contribution in [1.29, 1.82) is 0 Å². The Morgan fingerprint density at radius 2 is 1.70 bits per heavy atom. The number of fused-ring (bicyclic) bond motifs is 1. The molecule has 1 unspecified atom stereocenters. The summed E-state index contributed by atoms with van der Waals surface area (Å²) in [7, 11) is 0. The van der Waals surface area contributed by atoms with Crippen LogP contribution in [-0.2, 0) is 4.79 Å². The minimum atomic E-state index is -0.497. The van der Waals surface area contributed by atoms with E-state index < -0.39 is 5.25 Å². The first-order chi connectivity index (χ1) is 13.1. The van der Waals surface area contributed by atoms with Crippen LogP contribution in [0.15, 0.2) is 71.8 Å². The standard InChI is InChI=1S/C21H17N3OS2/c1-13-23-20-16(12-17(26-20)14-8-4-2-5-9-14)21(24-13)27-18(19(22)25)15-10-6-3-7-11-15/h2-12,18H,1H3,(H2,22,25). The third kappa shape index (κ3) is 3.72. The molecule has 0 spiro atoms. The van der Waals surface area contributed by atoms with Gasteiger partial charge in [-0.3, -0.25) is 4.79 Å². The number of carbonyl (C=O) groups is 1. The lowest BCUT2D eigenvalue weighted by Crippen LogP contribution is -2.19. The molecule has 4 nitrogen and oxygen atoms in total. The number of primary amides is 1. The van der Waals surface area contributed by atoms with Crippen molar-refractivity contribution in [3.63, 3.8) is 0 Å². The van der Waals surface area contributed by atoms with Crippen LogP contribution in [0.5, 0.6) is 0 Å². The van der Waals surface area contributed by atoms with Crippen LogP contribution in [0.3, 0.4) is 0 Å². The highest BCUT2D eigenvalue weighted by Gasteiger charge is 2.22. The summed E-state index contributed by atoms with van der Waals surface area (Å²) in [6.07, 6.45) is 0. The number of benzene rings is 2. The van der Waals surface area contributed by atoms with E-state index in [1.807, 2.05) is 55.5 Å². The van der Waals surface area contributed by atoms with Crippen LogP contribution >= 0.6 is 23.1 Å². The molecule has 134 valence electrons. The fourth-order valence-corrected chi connectivity index (χ4v) is 5.11. The molecule has 1 amide bonds. The maximum Gasteiger partial charge on any atom is 0.235 e. The van der Waals surface area contributed by atoms with Gasteiger partial charge in [-0.25, -0.2) is 9.97 Å². The van der Waals surface area contributed by atoms with Crippen LogP contribution in [0, 0.1) is 6.92 Å². The molecular formula is C21H17N3OS2. The number of thioether (sulfide) groups is 1. The average molecular weight is 392 g/mol. The zero-order valence-corrected chi connectivity index (χ0v) is 16.3. The van der Waals surface area contributed by atoms with Gasteiger partial charge in [0.1, 0.15) is 20.9 Å². The normalized spacial score (nSPS) is 12.2. The van der Waals surface area contributed by atoms with E-state index in [0.717, 1.165) is 31.2 Å². The molecule has 6 heteroatoms. The Morgan fingerprint density at radius 3 is 2.37 bits per heavy atom. The summed E-state index contributed by atoms with van der Waals surface area (Å²) >= 11 is 3.01. The largest absolute Gasteiger partial charge is 0.368 e. The molecular weight excluding hydrogens is 374 g/mol. The molecule has 2 N–H and O–H groups in total. The SMILES string of the molecule is Cc1nc(SC(C(N)=O)c2ccccc2)c2cc(-c3ccccc3)sc2n1. The van der Waals surface area contributed by atoms with Gasteiger partial charge in [0.15, 0.2) is 0 Å². The highest BCUT2D eigenvalue weighted by atomic mass is 32.2. The number of nitrogens with two attached hydrogens (primary N) is 1. The second kappa shape index (κ2) is 7.50. The zero-order chi connectivity index (χ0) is 18.8. The van der Waals surface area contributed by atoms with Crippen LogP contribution in [-0.4, -0.2) is 15.9 Å². The lowest BCUT2D eigenvalue weighted by molar-refractivity contribution is -0.117. The Kier molecular flexibility index (Phi) is 4.92. The molecule has 2 aromatic heterocycles. The molecule has 4 rings (SSSR count). The van der Waals surface area contributed by atoms with E-state index in [1.54, 1.807) is 11.3 Å². The quantitative estimate of drug-likeness (QED) is 0.384. The number of hydrogen-bond donors (Lipinski definition) is 1. The minimum absolute atomic E-state index is 0.380. The molecule has 1 atom stereocenters. The number of amides is 1. The number of nitrogens with zero attached hydrogens (tertiary/aromatic N) is 2. The topological polar surface area (TPSA) is 68.9 Å². The molecule has 4 aromatic rings. The third-order valence-corrected chi connectivity index (χ3v) is 6.47. The van der Waals surface area contributed by atoms with E-state index >= 15 is 0 Å². The monoisotopic (exact) mass is 391 g/mol. The van der Waals surface area contributed by atoms with E-state index in [2.05, 4.69) is 28.2 Å². The fraction of sp³-hybridized carbons (Fsp3) is 0.0952. The Hall–Kier alpha value is -2.70. The van der Waals surface area contributed by atoms with Gasteiger partial charge >= 0.3 is 0 Å². The highest BCUT2D eigenvalue weighted by Crippen LogP contribution is 2.41. The first-order valence-corrected chi connectivity index (χ1v) is 10.2. The van der Waals surface area contributed by atoms with E-state index in [4.69, 9.17) is 5.73 Å². The van der Waals surface area contributed by atoms with Gasteiger partial charge in [-0.1, -0.05) is 72.4 Å². The lowest BCUT2D eigenvalue weighted by atomic mass is 10.1. The van der Waals surface area contributed by atoms with Gasteiger partial charge in [0.25, 0.3) is 0 Å². The number of carbonyl (C=O) groups excluding carboxylic acids is 1. The molecule has 0 radical (unpaired) electrons. The van der Waals surface area contributed by atoms with Crippen molar-refractivity contribution in [2.75, 3.05) is 0 Å². The second-order valence-corrected chi connectivity index (χ2v) is 8.21. The Morgan fingerprint density at radius 1 is 1.04 bits per heavy atom. The van der Waals surface area contributed by atoms with Crippen molar-refractivity contribution in [1.82, 2.24) is 9.97 Å². The summed E-state index contributed by atoms with van der Waals surface area (Å²) in [5.74, 6) is 0.303.